The molecule has 1 N–H and O–H groups in total. The Hall–Kier alpha value is -1.90. The van der Waals surface area contributed by atoms with Crippen molar-refractivity contribution in [2.45, 2.75) is 13.0 Å². The van der Waals surface area contributed by atoms with Gasteiger partial charge in [0, 0.05) is 0 Å². The van der Waals surface area contributed by atoms with E-state index in [0.29, 0.717) is 6.61 Å². The Bertz CT molecular complexity index is 493. The Balaban J connectivity index is 1.71. The standard InChI is InChI=1S/C17H19NO/c1-15(17-12-6-3-7-13-17)18-19-14-8-11-16-9-4-2-5-10-16/h2-13,15,18H,14H2,1H3/b11-8+. The molecule has 2 heteroatoms. The van der Waals surface area contributed by atoms with E-state index < -0.39 is 0 Å². The fourth-order valence-corrected chi connectivity index (χ4v) is 1.78. The summed E-state index contributed by atoms with van der Waals surface area (Å²) in [6.07, 6.45) is 4.05. The highest BCUT2D eigenvalue weighted by molar-refractivity contribution is 5.48. The third-order valence-electron chi connectivity index (χ3n) is 2.85. The van der Waals surface area contributed by atoms with E-state index in [1.807, 2.05) is 42.5 Å². The number of hydrogen-bond donors (Lipinski definition) is 1. The first kappa shape index (κ1) is 13.5. The van der Waals surface area contributed by atoms with Crippen molar-refractivity contribution in [3.8, 4) is 0 Å². The maximum Gasteiger partial charge on any atom is 0.0867 e. The first-order valence-corrected chi connectivity index (χ1v) is 6.50. The first-order chi connectivity index (χ1) is 9.36. The summed E-state index contributed by atoms with van der Waals surface area (Å²) in [4.78, 5) is 5.43. The van der Waals surface area contributed by atoms with E-state index in [0.717, 1.165) is 0 Å². The monoisotopic (exact) mass is 253 g/mol. The molecule has 2 rings (SSSR count). The summed E-state index contributed by atoms with van der Waals surface area (Å²) in [6, 6.07) is 20.6. The maximum atomic E-state index is 5.43. The molecule has 0 fully saturated rings. The Morgan fingerprint density at radius 1 is 1.00 bits per heavy atom. The summed E-state index contributed by atoms with van der Waals surface area (Å²) >= 11 is 0. The molecule has 98 valence electrons. The van der Waals surface area contributed by atoms with Crippen LogP contribution >= 0.6 is 0 Å². The molecule has 1 atom stereocenters. The number of benzene rings is 2. The number of hydrogen-bond acceptors (Lipinski definition) is 2. The van der Waals surface area contributed by atoms with Crippen LogP contribution in [0.15, 0.2) is 66.7 Å². The van der Waals surface area contributed by atoms with Gasteiger partial charge in [0.05, 0.1) is 12.6 Å². The predicted molar refractivity (Wildman–Crippen MR) is 79.4 cm³/mol. The summed E-state index contributed by atoms with van der Waals surface area (Å²) in [6.45, 7) is 2.63. The predicted octanol–water partition coefficient (Wildman–Crippen LogP) is 3.98. The van der Waals surface area contributed by atoms with E-state index in [-0.39, 0.29) is 6.04 Å². The van der Waals surface area contributed by atoms with E-state index in [1.54, 1.807) is 0 Å². The van der Waals surface area contributed by atoms with Crippen molar-refractivity contribution in [2.75, 3.05) is 6.61 Å². The molecule has 0 aliphatic heterocycles. The summed E-state index contributed by atoms with van der Waals surface area (Å²) in [7, 11) is 0. The van der Waals surface area contributed by atoms with Gasteiger partial charge in [-0.2, -0.15) is 5.48 Å². The molecule has 0 heterocycles. The van der Waals surface area contributed by atoms with Crippen molar-refractivity contribution < 1.29 is 4.84 Å². The van der Waals surface area contributed by atoms with Gasteiger partial charge in [0.1, 0.15) is 0 Å². The van der Waals surface area contributed by atoms with Crippen LogP contribution in [0, 0.1) is 0 Å². The number of nitrogens with one attached hydrogen (secondary N) is 1. The molecule has 2 aromatic rings. The molecule has 0 aliphatic carbocycles. The van der Waals surface area contributed by atoms with E-state index >= 15 is 0 Å². The quantitative estimate of drug-likeness (QED) is 0.621. The summed E-state index contributed by atoms with van der Waals surface area (Å²) < 4.78 is 0. The van der Waals surface area contributed by atoms with Gasteiger partial charge in [-0.1, -0.05) is 72.8 Å². The average molecular weight is 253 g/mol. The van der Waals surface area contributed by atoms with Crippen molar-refractivity contribution >= 4 is 6.08 Å². The zero-order valence-electron chi connectivity index (χ0n) is 11.1. The molecule has 1 unspecified atom stereocenters. The van der Waals surface area contributed by atoms with Crippen molar-refractivity contribution in [3.05, 3.63) is 77.9 Å². The molecule has 0 aromatic heterocycles. The zero-order valence-corrected chi connectivity index (χ0v) is 11.1. The molecule has 2 aromatic carbocycles. The first-order valence-electron chi connectivity index (χ1n) is 6.50. The minimum Gasteiger partial charge on any atom is -0.297 e. The lowest BCUT2D eigenvalue weighted by Gasteiger charge is -2.12. The lowest BCUT2D eigenvalue weighted by atomic mass is 10.1. The van der Waals surface area contributed by atoms with Crippen LogP contribution in [0.25, 0.3) is 6.08 Å². The minimum absolute atomic E-state index is 0.186. The Kier molecular flexibility index (Phi) is 5.35. The van der Waals surface area contributed by atoms with Crippen LogP contribution in [-0.4, -0.2) is 6.61 Å². The van der Waals surface area contributed by atoms with Crippen LogP contribution in [0.2, 0.25) is 0 Å². The highest BCUT2D eigenvalue weighted by Gasteiger charge is 2.02. The fraction of sp³-hybridized carbons (Fsp3) is 0.176. The number of hydroxylamine groups is 1. The molecule has 0 amide bonds. The van der Waals surface area contributed by atoms with Crippen LogP contribution in [0.3, 0.4) is 0 Å². The van der Waals surface area contributed by atoms with Gasteiger partial charge in [0.15, 0.2) is 0 Å². The smallest absolute Gasteiger partial charge is 0.0867 e. The molecule has 0 saturated carbocycles. The SMILES string of the molecule is CC(NOC/C=C/c1ccccc1)c1ccccc1. The van der Waals surface area contributed by atoms with Crippen LogP contribution in [0.4, 0.5) is 0 Å². The van der Waals surface area contributed by atoms with E-state index in [1.165, 1.54) is 11.1 Å². The highest BCUT2D eigenvalue weighted by Crippen LogP contribution is 2.10. The summed E-state index contributed by atoms with van der Waals surface area (Å²) in [5, 5.41) is 0. The Labute approximate surface area is 114 Å². The molecular formula is C17H19NO. The van der Waals surface area contributed by atoms with Gasteiger partial charge in [-0.05, 0) is 18.1 Å². The zero-order chi connectivity index (χ0) is 13.3. The van der Waals surface area contributed by atoms with Gasteiger partial charge >= 0.3 is 0 Å². The molecule has 0 bridgehead atoms. The van der Waals surface area contributed by atoms with Gasteiger partial charge < -0.3 is 0 Å². The largest absolute Gasteiger partial charge is 0.297 e. The molecular weight excluding hydrogens is 234 g/mol. The van der Waals surface area contributed by atoms with Gasteiger partial charge in [0.2, 0.25) is 0 Å². The van der Waals surface area contributed by atoms with Crippen molar-refractivity contribution in [1.82, 2.24) is 5.48 Å². The van der Waals surface area contributed by atoms with Gasteiger partial charge in [-0.15, -0.1) is 0 Å². The topological polar surface area (TPSA) is 21.3 Å². The third kappa shape index (κ3) is 4.70. The molecule has 0 radical (unpaired) electrons. The minimum atomic E-state index is 0.186. The van der Waals surface area contributed by atoms with Crippen LogP contribution < -0.4 is 5.48 Å². The molecule has 0 saturated heterocycles. The summed E-state index contributed by atoms with van der Waals surface area (Å²) in [5.41, 5.74) is 5.43. The van der Waals surface area contributed by atoms with Crippen LogP contribution in [0.5, 0.6) is 0 Å². The van der Waals surface area contributed by atoms with Gasteiger partial charge in [-0.3, -0.25) is 4.84 Å². The third-order valence-corrected chi connectivity index (χ3v) is 2.85. The molecule has 0 spiro atoms. The summed E-state index contributed by atoms with van der Waals surface area (Å²) in [5.74, 6) is 0. The maximum absolute atomic E-state index is 5.43. The second-order valence-corrected chi connectivity index (χ2v) is 4.37. The lowest BCUT2D eigenvalue weighted by molar-refractivity contribution is 0.0393. The lowest BCUT2D eigenvalue weighted by Crippen LogP contribution is -2.19. The van der Waals surface area contributed by atoms with Crippen LogP contribution in [-0.2, 0) is 4.84 Å². The van der Waals surface area contributed by atoms with Gasteiger partial charge in [0.25, 0.3) is 0 Å². The second kappa shape index (κ2) is 7.52. The van der Waals surface area contributed by atoms with Crippen LogP contribution in [0.1, 0.15) is 24.1 Å². The Morgan fingerprint density at radius 2 is 1.63 bits per heavy atom. The van der Waals surface area contributed by atoms with E-state index in [4.69, 9.17) is 4.84 Å². The molecule has 19 heavy (non-hydrogen) atoms. The highest BCUT2D eigenvalue weighted by atomic mass is 16.6. The van der Waals surface area contributed by atoms with E-state index in [9.17, 15) is 0 Å². The van der Waals surface area contributed by atoms with Gasteiger partial charge in [-0.25, -0.2) is 0 Å². The fourth-order valence-electron chi connectivity index (χ4n) is 1.78. The van der Waals surface area contributed by atoms with Crippen molar-refractivity contribution in [3.63, 3.8) is 0 Å². The Morgan fingerprint density at radius 3 is 2.32 bits per heavy atom. The molecule has 0 aliphatic rings. The second-order valence-electron chi connectivity index (χ2n) is 4.37. The number of rotatable bonds is 6. The van der Waals surface area contributed by atoms with E-state index in [2.05, 4.69) is 42.7 Å². The molecule has 2 nitrogen and oxygen atoms in total. The average Bonchev–Trinajstić information content (AvgIpc) is 2.49. The van der Waals surface area contributed by atoms with Crippen molar-refractivity contribution in [2.24, 2.45) is 0 Å². The normalized spacial score (nSPS) is 12.7. The van der Waals surface area contributed by atoms with Crippen molar-refractivity contribution in [1.29, 1.82) is 0 Å².